The van der Waals surface area contributed by atoms with Crippen LogP contribution in [0.3, 0.4) is 0 Å². The van der Waals surface area contributed by atoms with Gasteiger partial charge in [0.2, 0.25) is 5.91 Å². The number of amides is 2. The third-order valence-corrected chi connectivity index (χ3v) is 4.94. The Labute approximate surface area is 147 Å². The molecule has 7 heteroatoms. The molecular formula is C16H14Cl2N2O2S. The highest BCUT2D eigenvalue weighted by Gasteiger charge is 2.18. The lowest BCUT2D eigenvalue weighted by Gasteiger charge is -2.03. The Morgan fingerprint density at radius 1 is 1.26 bits per heavy atom. The molecule has 0 unspecified atom stereocenters. The van der Waals surface area contributed by atoms with Gasteiger partial charge in [0.05, 0.1) is 5.56 Å². The van der Waals surface area contributed by atoms with Crippen molar-refractivity contribution >= 4 is 57.4 Å². The van der Waals surface area contributed by atoms with Crippen molar-refractivity contribution in [2.24, 2.45) is 5.73 Å². The van der Waals surface area contributed by atoms with Crippen molar-refractivity contribution in [2.75, 3.05) is 5.32 Å². The molecule has 0 aliphatic carbocycles. The van der Waals surface area contributed by atoms with Crippen LogP contribution in [0.1, 0.15) is 26.4 Å². The molecule has 3 N–H and O–H groups in total. The van der Waals surface area contributed by atoms with Gasteiger partial charge in [0.25, 0.3) is 5.91 Å². The number of thiophene rings is 1. The van der Waals surface area contributed by atoms with Gasteiger partial charge in [-0.3, -0.25) is 9.59 Å². The number of carbonyl (C=O) groups is 2. The average molecular weight is 369 g/mol. The van der Waals surface area contributed by atoms with E-state index in [1.807, 2.05) is 6.92 Å². The first kappa shape index (κ1) is 17.5. The molecule has 1 heterocycles. The molecule has 0 radical (unpaired) electrons. The lowest BCUT2D eigenvalue weighted by molar-refractivity contribution is -0.111. The van der Waals surface area contributed by atoms with Crippen molar-refractivity contribution in [3.63, 3.8) is 0 Å². The van der Waals surface area contributed by atoms with Crippen molar-refractivity contribution in [3.8, 4) is 0 Å². The van der Waals surface area contributed by atoms with E-state index in [1.165, 1.54) is 17.4 Å². The summed E-state index contributed by atoms with van der Waals surface area (Å²) in [4.78, 5) is 24.5. The van der Waals surface area contributed by atoms with Gasteiger partial charge in [-0.25, -0.2) is 0 Å². The molecule has 2 amide bonds. The smallest absolute Gasteiger partial charge is 0.251 e. The quantitative estimate of drug-likeness (QED) is 0.783. The number of primary amides is 1. The summed E-state index contributed by atoms with van der Waals surface area (Å²) in [5.74, 6) is -0.950. The van der Waals surface area contributed by atoms with Gasteiger partial charge in [-0.05, 0) is 49.2 Å². The SMILES string of the molecule is Cc1sc(NC(=O)/C=C/c2cc(Cl)ccc2Cl)c(C(N)=O)c1C. The van der Waals surface area contributed by atoms with Gasteiger partial charge in [-0.1, -0.05) is 23.2 Å². The largest absolute Gasteiger partial charge is 0.365 e. The molecule has 120 valence electrons. The van der Waals surface area contributed by atoms with Crippen LogP contribution in [0.15, 0.2) is 24.3 Å². The maximum atomic E-state index is 12.1. The molecule has 0 spiro atoms. The summed E-state index contributed by atoms with van der Waals surface area (Å²) in [5, 5.41) is 4.13. The Morgan fingerprint density at radius 3 is 2.61 bits per heavy atom. The molecule has 1 aromatic heterocycles. The third-order valence-electron chi connectivity index (χ3n) is 3.24. The summed E-state index contributed by atoms with van der Waals surface area (Å²) in [6.07, 6.45) is 2.88. The monoisotopic (exact) mass is 368 g/mol. The number of aryl methyl sites for hydroxylation is 1. The zero-order valence-electron chi connectivity index (χ0n) is 12.4. The topological polar surface area (TPSA) is 72.2 Å². The fourth-order valence-electron chi connectivity index (χ4n) is 1.97. The van der Waals surface area contributed by atoms with Crippen LogP contribution in [0.25, 0.3) is 6.08 Å². The molecule has 0 saturated heterocycles. The van der Waals surface area contributed by atoms with E-state index in [0.29, 0.717) is 26.2 Å². The minimum Gasteiger partial charge on any atom is -0.365 e. The van der Waals surface area contributed by atoms with E-state index in [9.17, 15) is 9.59 Å². The van der Waals surface area contributed by atoms with Crippen molar-refractivity contribution in [1.82, 2.24) is 0 Å². The molecule has 4 nitrogen and oxygen atoms in total. The fourth-order valence-corrected chi connectivity index (χ4v) is 3.40. The number of nitrogens with two attached hydrogens (primary N) is 1. The zero-order chi connectivity index (χ0) is 17.1. The van der Waals surface area contributed by atoms with Crippen molar-refractivity contribution < 1.29 is 9.59 Å². The van der Waals surface area contributed by atoms with Crippen molar-refractivity contribution in [2.45, 2.75) is 13.8 Å². The normalized spacial score (nSPS) is 11.0. The maximum absolute atomic E-state index is 12.1. The first-order valence-corrected chi connectivity index (χ1v) is 8.20. The number of benzene rings is 1. The molecule has 0 saturated carbocycles. The second-order valence-corrected chi connectivity index (χ2v) is 6.91. The van der Waals surface area contributed by atoms with Crippen LogP contribution < -0.4 is 11.1 Å². The van der Waals surface area contributed by atoms with E-state index in [4.69, 9.17) is 28.9 Å². The van der Waals surface area contributed by atoms with Crippen LogP contribution in [0.5, 0.6) is 0 Å². The summed E-state index contributed by atoms with van der Waals surface area (Å²) in [6, 6.07) is 4.97. The predicted molar refractivity (Wildman–Crippen MR) is 96.4 cm³/mol. The molecule has 0 aliphatic heterocycles. The van der Waals surface area contributed by atoms with E-state index in [1.54, 1.807) is 31.2 Å². The summed E-state index contributed by atoms with van der Waals surface area (Å²) < 4.78 is 0. The van der Waals surface area contributed by atoms with Gasteiger partial charge >= 0.3 is 0 Å². The summed E-state index contributed by atoms with van der Waals surface area (Å²) in [6.45, 7) is 3.66. The van der Waals surface area contributed by atoms with Gasteiger partial charge in [0.15, 0.2) is 0 Å². The maximum Gasteiger partial charge on any atom is 0.251 e. The highest BCUT2D eigenvalue weighted by Crippen LogP contribution is 2.32. The lowest BCUT2D eigenvalue weighted by atomic mass is 10.1. The predicted octanol–water partition coefficient (Wildman–Crippen LogP) is 4.42. The van der Waals surface area contributed by atoms with Gasteiger partial charge < -0.3 is 11.1 Å². The van der Waals surface area contributed by atoms with E-state index in [0.717, 1.165) is 10.4 Å². The Hall–Kier alpha value is -1.82. The molecule has 2 aromatic rings. The van der Waals surface area contributed by atoms with E-state index in [2.05, 4.69) is 5.32 Å². The van der Waals surface area contributed by atoms with Crippen LogP contribution >= 0.6 is 34.5 Å². The first-order valence-electron chi connectivity index (χ1n) is 6.63. The van der Waals surface area contributed by atoms with Crippen LogP contribution in [0.4, 0.5) is 5.00 Å². The first-order chi connectivity index (χ1) is 10.8. The number of anilines is 1. The number of carbonyl (C=O) groups excluding carboxylic acids is 2. The van der Waals surface area contributed by atoms with E-state index >= 15 is 0 Å². The van der Waals surface area contributed by atoms with E-state index in [-0.39, 0.29) is 5.91 Å². The summed E-state index contributed by atoms with van der Waals surface area (Å²) in [7, 11) is 0. The molecule has 0 bridgehead atoms. The van der Waals surface area contributed by atoms with Gasteiger partial charge in [-0.2, -0.15) is 0 Å². The molecule has 0 atom stereocenters. The van der Waals surface area contributed by atoms with Gasteiger partial charge in [0, 0.05) is 21.0 Å². The Morgan fingerprint density at radius 2 is 1.96 bits per heavy atom. The fraction of sp³-hybridized carbons (Fsp3) is 0.125. The minimum absolute atomic E-state index is 0.343. The van der Waals surface area contributed by atoms with Crippen LogP contribution in [-0.2, 0) is 4.79 Å². The van der Waals surface area contributed by atoms with Gasteiger partial charge in [-0.15, -0.1) is 11.3 Å². The molecule has 23 heavy (non-hydrogen) atoms. The van der Waals surface area contributed by atoms with E-state index < -0.39 is 5.91 Å². The Kier molecular flexibility index (Phi) is 5.46. The highest BCUT2D eigenvalue weighted by molar-refractivity contribution is 7.16. The van der Waals surface area contributed by atoms with Crippen molar-refractivity contribution in [1.29, 1.82) is 0 Å². The van der Waals surface area contributed by atoms with Crippen LogP contribution in [-0.4, -0.2) is 11.8 Å². The van der Waals surface area contributed by atoms with Gasteiger partial charge in [0.1, 0.15) is 5.00 Å². The molecule has 0 aliphatic rings. The molecule has 1 aromatic carbocycles. The standard InChI is InChI=1S/C16H14Cl2N2O2S/c1-8-9(2)23-16(14(8)15(19)22)20-13(21)6-3-10-7-11(17)4-5-12(10)18/h3-7H,1-2H3,(H2,19,22)(H,20,21)/b6-3+. The Bertz CT molecular complexity index is 813. The number of nitrogens with one attached hydrogen (secondary N) is 1. The number of hydrogen-bond donors (Lipinski definition) is 2. The number of rotatable bonds is 4. The number of hydrogen-bond acceptors (Lipinski definition) is 3. The second-order valence-electron chi connectivity index (χ2n) is 4.84. The van der Waals surface area contributed by atoms with Crippen molar-refractivity contribution in [3.05, 3.63) is 55.9 Å². The minimum atomic E-state index is -0.566. The lowest BCUT2D eigenvalue weighted by Crippen LogP contribution is -2.16. The second kappa shape index (κ2) is 7.17. The summed E-state index contributed by atoms with van der Waals surface area (Å²) in [5.41, 5.74) is 7.12. The molecule has 2 rings (SSSR count). The molecular weight excluding hydrogens is 355 g/mol. The molecule has 0 fully saturated rings. The Balaban J connectivity index is 2.20. The van der Waals surface area contributed by atoms with Crippen LogP contribution in [0.2, 0.25) is 10.0 Å². The zero-order valence-corrected chi connectivity index (χ0v) is 14.8. The average Bonchev–Trinajstić information content (AvgIpc) is 2.74. The van der Waals surface area contributed by atoms with Crippen LogP contribution in [0, 0.1) is 13.8 Å². The third kappa shape index (κ3) is 4.13. The highest BCUT2D eigenvalue weighted by atomic mass is 35.5. The number of halogens is 2. The summed E-state index contributed by atoms with van der Waals surface area (Å²) >= 11 is 13.2.